The fraction of sp³-hybridized carbons (Fsp3) is 0.300. The Bertz CT molecular complexity index is 1000. The standard InChI is InChI=1S/C20H21F3N4S/c1-14-4-10-18(11-5-14)27-15(2)24-26(19(27)28)13-25(3)12-16-6-8-17(9-7-16)20(21,22)23/h4-11H,12-13H2,1-3H3. The van der Waals surface area contributed by atoms with Crippen LogP contribution >= 0.6 is 12.2 Å². The summed E-state index contributed by atoms with van der Waals surface area (Å²) in [6, 6.07) is 13.2. The number of benzene rings is 2. The van der Waals surface area contributed by atoms with Gasteiger partial charge in [-0.15, -0.1) is 0 Å². The number of rotatable bonds is 5. The fourth-order valence-electron chi connectivity index (χ4n) is 2.99. The first-order chi connectivity index (χ1) is 13.1. The zero-order chi connectivity index (χ0) is 20.5. The monoisotopic (exact) mass is 406 g/mol. The molecule has 0 spiro atoms. The van der Waals surface area contributed by atoms with Crippen LogP contribution in [0.1, 0.15) is 22.5 Å². The molecule has 3 aromatic rings. The number of aromatic nitrogens is 3. The van der Waals surface area contributed by atoms with E-state index in [4.69, 9.17) is 12.2 Å². The lowest BCUT2D eigenvalue weighted by molar-refractivity contribution is -0.137. The van der Waals surface area contributed by atoms with Gasteiger partial charge in [-0.2, -0.15) is 18.3 Å². The molecule has 1 heterocycles. The second kappa shape index (κ2) is 7.89. The first-order valence-corrected chi connectivity index (χ1v) is 9.14. The molecule has 0 aliphatic rings. The van der Waals surface area contributed by atoms with Crippen molar-refractivity contribution < 1.29 is 13.2 Å². The van der Waals surface area contributed by atoms with Crippen LogP contribution in [0.2, 0.25) is 0 Å². The Balaban J connectivity index is 1.74. The highest BCUT2D eigenvalue weighted by Gasteiger charge is 2.29. The van der Waals surface area contributed by atoms with E-state index in [2.05, 4.69) is 5.10 Å². The Labute approximate surface area is 166 Å². The minimum absolute atomic E-state index is 0.430. The third-order valence-electron chi connectivity index (χ3n) is 4.40. The van der Waals surface area contributed by atoms with Crippen LogP contribution < -0.4 is 0 Å². The normalized spacial score (nSPS) is 12.0. The topological polar surface area (TPSA) is 26.0 Å². The molecule has 1 aromatic heterocycles. The summed E-state index contributed by atoms with van der Waals surface area (Å²) in [6.45, 7) is 4.83. The predicted molar refractivity (Wildman–Crippen MR) is 105 cm³/mol. The zero-order valence-corrected chi connectivity index (χ0v) is 16.7. The van der Waals surface area contributed by atoms with Crippen molar-refractivity contribution >= 4 is 12.2 Å². The van der Waals surface area contributed by atoms with Gasteiger partial charge in [-0.1, -0.05) is 29.8 Å². The molecule has 0 amide bonds. The summed E-state index contributed by atoms with van der Waals surface area (Å²) in [4.78, 5) is 1.95. The lowest BCUT2D eigenvalue weighted by atomic mass is 10.1. The van der Waals surface area contributed by atoms with Gasteiger partial charge in [0.15, 0.2) is 0 Å². The molecule has 2 aromatic carbocycles. The number of nitrogens with zero attached hydrogens (tertiary/aromatic N) is 4. The lowest BCUT2D eigenvalue weighted by Gasteiger charge is -2.17. The number of hydrogen-bond acceptors (Lipinski definition) is 3. The first-order valence-electron chi connectivity index (χ1n) is 8.73. The number of aryl methyl sites for hydroxylation is 2. The van der Waals surface area contributed by atoms with E-state index in [0.29, 0.717) is 18.0 Å². The Hall–Kier alpha value is -2.45. The van der Waals surface area contributed by atoms with Gasteiger partial charge in [0.05, 0.1) is 12.2 Å². The second-order valence-electron chi connectivity index (χ2n) is 6.85. The van der Waals surface area contributed by atoms with Crippen LogP contribution in [0.5, 0.6) is 0 Å². The Morgan fingerprint density at radius 1 is 1.00 bits per heavy atom. The molecule has 0 aliphatic heterocycles. The molecular formula is C20H21F3N4S. The first kappa shape index (κ1) is 20.3. The maximum absolute atomic E-state index is 12.7. The van der Waals surface area contributed by atoms with E-state index >= 15 is 0 Å². The quantitative estimate of drug-likeness (QED) is 0.550. The van der Waals surface area contributed by atoms with E-state index in [1.807, 2.05) is 54.6 Å². The highest BCUT2D eigenvalue weighted by molar-refractivity contribution is 7.71. The maximum Gasteiger partial charge on any atom is 0.416 e. The van der Waals surface area contributed by atoms with E-state index in [1.165, 1.54) is 12.1 Å². The predicted octanol–water partition coefficient (Wildman–Crippen LogP) is 5.13. The summed E-state index contributed by atoms with van der Waals surface area (Å²) in [7, 11) is 1.87. The van der Waals surface area contributed by atoms with Gasteiger partial charge in [0.2, 0.25) is 4.77 Å². The molecule has 0 saturated carbocycles. The largest absolute Gasteiger partial charge is 0.416 e. The summed E-state index contributed by atoms with van der Waals surface area (Å²) < 4.78 is 42.2. The van der Waals surface area contributed by atoms with Crippen molar-refractivity contribution in [3.05, 3.63) is 75.8 Å². The van der Waals surface area contributed by atoms with Crippen molar-refractivity contribution in [3.63, 3.8) is 0 Å². The third kappa shape index (κ3) is 4.51. The molecule has 0 radical (unpaired) electrons. The van der Waals surface area contributed by atoms with Crippen molar-refractivity contribution in [1.29, 1.82) is 0 Å². The van der Waals surface area contributed by atoms with Gasteiger partial charge in [-0.25, -0.2) is 4.68 Å². The van der Waals surface area contributed by atoms with E-state index in [0.717, 1.165) is 34.8 Å². The van der Waals surface area contributed by atoms with Crippen molar-refractivity contribution in [3.8, 4) is 5.69 Å². The molecule has 0 aliphatic carbocycles. The summed E-state index contributed by atoms with van der Waals surface area (Å²) in [5.41, 5.74) is 2.26. The van der Waals surface area contributed by atoms with Gasteiger partial charge in [0, 0.05) is 12.2 Å². The van der Waals surface area contributed by atoms with Crippen LogP contribution in [0.3, 0.4) is 0 Å². The number of alkyl halides is 3. The molecule has 8 heteroatoms. The van der Waals surface area contributed by atoms with Crippen LogP contribution in [0.15, 0.2) is 48.5 Å². The van der Waals surface area contributed by atoms with E-state index in [9.17, 15) is 13.2 Å². The molecule has 3 rings (SSSR count). The van der Waals surface area contributed by atoms with Crippen LogP contribution in [0, 0.1) is 18.6 Å². The number of hydrogen-bond donors (Lipinski definition) is 0. The average molecular weight is 406 g/mol. The van der Waals surface area contributed by atoms with Gasteiger partial charge in [-0.3, -0.25) is 9.47 Å². The van der Waals surface area contributed by atoms with Crippen molar-refractivity contribution in [2.45, 2.75) is 33.2 Å². The molecule has 4 nitrogen and oxygen atoms in total. The van der Waals surface area contributed by atoms with Gasteiger partial charge < -0.3 is 0 Å². The Morgan fingerprint density at radius 3 is 2.18 bits per heavy atom. The average Bonchev–Trinajstić information content (AvgIpc) is 2.89. The molecule has 0 N–H and O–H groups in total. The van der Waals surface area contributed by atoms with Gasteiger partial charge in [0.25, 0.3) is 0 Å². The lowest BCUT2D eigenvalue weighted by Crippen LogP contribution is -2.22. The van der Waals surface area contributed by atoms with Crippen molar-refractivity contribution in [2.24, 2.45) is 0 Å². The van der Waals surface area contributed by atoms with Gasteiger partial charge in [-0.05, 0) is 62.9 Å². The maximum atomic E-state index is 12.7. The fourth-order valence-corrected chi connectivity index (χ4v) is 3.32. The molecule has 0 bridgehead atoms. The summed E-state index contributed by atoms with van der Waals surface area (Å²) >= 11 is 5.58. The summed E-state index contributed by atoms with van der Waals surface area (Å²) in [5, 5.41) is 4.52. The van der Waals surface area contributed by atoms with Gasteiger partial charge in [0.1, 0.15) is 5.82 Å². The van der Waals surface area contributed by atoms with Crippen LogP contribution in [0.25, 0.3) is 5.69 Å². The Kier molecular flexibility index (Phi) is 5.71. The molecule has 0 unspecified atom stereocenters. The summed E-state index contributed by atoms with van der Waals surface area (Å²) in [5.74, 6) is 0.775. The minimum Gasteiger partial charge on any atom is -0.283 e. The van der Waals surface area contributed by atoms with E-state index in [1.54, 1.807) is 4.68 Å². The van der Waals surface area contributed by atoms with Crippen LogP contribution in [-0.2, 0) is 19.4 Å². The molecule has 28 heavy (non-hydrogen) atoms. The van der Waals surface area contributed by atoms with E-state index in [-0.39, 0.29) is 0 Å². The van der Waals surface area contributed by atoms with Crippen LogP contribution in [0.4, 0.5) is 13.2 Å². The smallest absolute Gasteiger partial charge is 0.283 e. The zero-order valence-electron chi connectivity index (χ0n) is 15.9. The minimum atomic E-state index is -4.32. The van der Waals surface area contributed by atoms with Crippen molar-refractivity contribution in [1.82, 2.24) is 19.2 Å². The third-order valence-corrected chi connectivity index (χ3v) is 4.80. The molecular weight excluding hydrogens is 385 g/mol. The van der Waals surface area contributed by atoms with Crippen molar-refractivity contribution in [2.75, 3.05) is 7.05 Å². The molecule has 148 valence electrons. The molecule has 0 saturated heterocycles. The van der Waals surface area contributed by atoms with Crippen LogP contribution in [-0.4, -0.2) is 26.3 Å². The highest BCUT2D eigenvalue weighted by atomic mass is 32.1. The van der Waals surface area contributed by atoms with Gasteiger partial charge >= 0.3 is 6.18 Å². The number of halogens is 3. The molecule has 0 fully saturated rings. The SMILES string of the molecule is Cc1ccc(-n2c(C)nn(CN(C)Cc3ccc(C(F)(F)F)cc3)c2=S)cc1. The highest BCUT2D eigenvalue weighted by Crippen LogP contribution is 2.29. The van der Waals surface area contributed by atoms with E-state index < -0.39 is 11.7 Å². The second-order valence-corrected chi connectivity index (χ2v) is 7.22. The summed E-state index contributed by atoms with van der Waals surface area (Å²) in [6.07, 6.45) is -4.32. The molecule has 0 atom stereocenters. The Morgan fingerprint density at radius 2 is 1.61 bits per heavy atom.